The molecule has 134 valence electrons. The second-order valence-corrected chi connectivity index (χ2v) is 8.20. The van der Waals surface area contributed by atoms with Crippen molar-refractivity contribution in [3.63, 3.8) is 0 Å². The average molecular weight is 386 g/mol. The Labute approximate surface area is 160 Å². The van der Waals surface area contributed by atoms with E-state index in [2.05, 4.69) is 27.8 Å². The van der Waals surface area contributed by atoms with E-state index in [4.69, 9.17) is 0 Å². The summed E-state index contributed by atoms with van der Waals surface area (Å²) in [6.07, 6.45) is 0.786. The fourth-order valence-corrected chi connectivity index (χ4v) is 4.19. The molecule has 2 amide bonds. The highest BCUT2D eigenvalue weighted by molar-refractivity contribution is 7.16. The van der Waals surface area contributed by atoms with Gasteiger partial charge in [0.05, 0.1) is 17.1 Å². The van der Waals surface area contributed by atoms with Gasteiger partial charge in [-0.3, -0.25) is 9.59 Å². The fraction of sp³-hybridized carbons (Fsp3) is 0.211. The van der Waals surface area contributed by atoms with E-state index in [9.17, 15) is 9.59 Å². The lowest BCUT2D eigenvalue weighted by molar-refractivity contribution is -0.115. The van der Waals surface area contributed by atoms with Crippen molar-refractivity contribution in [2.45, 2.75) is 20.3 Å². The molecule has 0 spiro atoms. The van der Waals surface area contributed by atoms with Gasteiger partial charge in [0.25, 0.3) is 5.91 Å². The number of hydrogen-bond donors (Lipinski definition) is 2. The van der Waals surface area contributed by atoms with Crippen LogP contribution in [0.15, 0.2) is 42.5 Å². The first-order valence-corrected chi connectivity index (χ1v) is 9.79. The van der Waals surface area contributed by atoms with Gasteiger partial charge >= 0.3 is 0 Å². The molecule has 1 aromatic carbocycles. The number of benzene rings is 1. The van der Waals surface area contributed by atoms with Crippen LogP contribution in [0.5, 0.6) is 0 Å². The van der Waals surface area contributed by atoms with Gasteiger partial charge < -0.3 is 10.6 Å². The zero-order valence-corrected chi connectivity index (χ0v) is 16.2. The third kappa shape index (κ3) is 4.77. The summed E-state index contributed by atoms with van der Waals surface area (Å²) in [5, 5.41) is 5.94. The van der Waals surface area contributed by atoms with E-state index < -0.39 is 0 Å². The molecule has 0 atom stereocenters. The molecule has 2 aromatic heterocycles. The molecule has 3 aromatic rings. The van der Waals surface area contributed by atoms with Crippen LogP contribution in [-0.2, 0) is 11.2 Å². The van der Waals surface area contributed by atoms with Gasteiger partial charge in [0, 0.05) is 16.2 Å². The van der Waals surface area contributed by atoms with E-state index >= 15 is 0 Å². The lowest BCUT2D eigenvalue weighted by atomic mass is 10.1. The summed E-state index contributed by atoms with van der Waals surface area (Å²) in [5.74, 6) is -0.523. The van der Waals surface area contributed by atoms with Crippen molar-refractivity contribution in [2.75, 3.05) is 11.9 Å². The monoisotopic (exact) mass is 385 g/mol. The van der Waals surface area contributed by atoms with Gasteiger partial charge in [-0.2, -0.15) is 0 Å². The summed E-state index contributed by atoms with van der Waals surface area (Å²) in [7, 11) is 0. The summed E-state index contributed by atoms with van der Waals surface area (Å²) in [5.41, 5.74) is 2.11. The minimum atomic E-state index is -0.286. The van der Waals surface area contributed by atoms with Gasteiger partial charge in [-0.15, -0.1) is 22.7 Å². The Morgan fingerprint density at radius 2 is 1.81 bits per heavy atom. The van der Waals surface area contributed by atoms with Crippen LogP contribution in [0.25, 0.3) is 0 Å². The molecule has 0 saturated heterocycles. The number of nitrogens with zero attached hydrogens (tertiary/aromatic N) is 1. The first kappa shape index (κ1) is 18.3. The molecule has 0 saturated carbocycles. The number of aromatic nitrogens is 1. The number of thiophene rings is 1. The van der Waals surface area contributed by atoms with E-state index in [0.29, 0.717) is 10.0 Å². The van der Waals surface area contributed by atoms with Crippen LogP contribution in [0.1, 0.15) is 30.7 Å². The SMILES string of the molecule is Cc1ccc(C(=O)NCC(=O)Nc2nc(C)c(Cc3ccccc3)s2)s1. The van der Waals surface area contributed by atoms with Crippen molar-refractivity contribution in [3.8, 4) is 0 Å². The first-order chi connectivity index (χ1) is 12.5. The number of aryl methyl sites for hydroxylation is 2. The maximum atomic E-state index is 12.1. The number of nitrogens with one attached hydrogen (secondary N) is 2. The fourth-order valence-electron chi connectivity index (χ4n) is 2.39. The van der Waals surface area contributed by atoms with Crippen molar-refractivity contribution in [1.29, 1.82) is 0 Å². The van der Waals surface area contributed by atoms with Gasteiger partial charge in [-0.1, -0.05) is 30.3 Å². The molecule has 3 rings (SSSR count). The lowest BCUT2D eigenvalue weighted by Gasteiger charge is -2.03. The largest absolute Gasteiger partial charge is 0.342 e. The summed E-state index contributed by atoms with van der Waals surface area (Å²) < 4.78 is 0. The second kappa shape index (κ2) is 8.25. The number of carbonyl (C=O) groups excluding carboxylic acids is 2. The molecule has 0 aliphatic carbocycles. The zero-order valence-electron chi connectivity index (χ0n) is 14.5. The summed E-state index contributed by atoms with van der Waals surface area (Å²) in [6, 6.07) is 13.8. The van der Waals surface area contributed by atoms with Crippen LogP contribution in [0.3, 0.4) is 0 Å². The molecule has 0 aliphatic heterocycles. The van der Waals surface area contributed by atoms with Crippen molar-refractivity contribution >= 4 is 39.6 Å². The Bertz CT molecular complexity index is 916. The molecule has 0 radical (unpaired) electrons. The third-order valence-electron chi connectivity index (χ3n) is 3.72. The predicted octanol–water partition coefficient (Wildman–Crippen LogP) is 3.78. The highest BCUT2D eigenvalue weighted by Gasteiger charge is 2.13. The maximum absolute atomic E-state index is 12.1. The highest BCUT2D eigenvalue weighted by atomic mass is 32.1. The Balaban J connectivity index is 1.54. The summed E-state index contributed by atoms with van der Waals surface area (Å²) in [4.78, 5) is 31.2. The molecular weight excluding hydrogens is 366 g/mol. The Hall–Kier alpha value is -2.51. The molecule has 0 bridgehead atoms. The van der Waals surface area contributed by atoms with Gasteiger partial charge in [-0.05, 0) is 31.5 Å². The van der Waals surface area contributed by atoms with Crippen molar-refractivity contribution < 1.29 is 9.59 Å². The van der Waals surface area contributed by atoms with Crippen molar-refractivity contribution in [3.05, 3.63) is 68.4 Å². The lowest BCUT2D eigenvalue weighted by Crippen LogP contribution is -2.32. The maximum Gasteiger partial charge on any atom is 0.261 e. The minimum absolute atomic E-state index is 0.0809. The Kier molecular flexibility index (Phi) is 5.80. The van der Waals surface area contributed by atoms with Gasteiger partial charge in [0.15, 0.2) is 5.13 Å². The molecular formula is C19H19N3O2S2. The first-order valence-electron chi connectivity index (χ1n) is 8.16. The molecule has 0 fully saturated rings. The van der Waals surface area contributed by atoms with Crippen LogP contribution in [0.4, 0.5) is 5.13 Å². The predicted molar refractivity (Wildman–Crippen MR) is 106 cm³/mol. The number of thiazole rings is 1. The van der Waals surface area contributed by atoms with E-state index in [1.165, 1.54) is 28.2 Å². The summed E-state index contributed by atoms with van der Waals surface area (Å²) >= 11 is 2.87. The van der Waals surface area contributed by atoms with Crippen molar-refractivity contribution in [2.24, 2.45) is 0 Å². The molecule has 0 aliphatic rings. The molecule has 2 N–H and O–H groups in total. The Morgan fingerprint density at radius 1 is 1.04 bits per heavy atom. The third-order valence-corrected chi connectivity index (χ3v) is 5.79. The molecule has 7 heteroatoms. The molecule has 2 heterocycles. The number of hydrogen-bond acceptors (Lipinski definition) is 5. The van der Waals surface area contributed by atoms with Crippen molar-refractivity contribution in [1.82, 2.24) is 10.3 Å². The second-order valence-electron chi connectivity index (χ2n) is 5.83. The Morgan fingerprint density at radius 3 is 2.50 bits per heavy atom. The number of rotatable bonds is 6. The number of amides is 2. The van der Waals surface area contributed by atoms with E-state index in [1.54, 1.807) is 6.07 Å². The normalized spacial score (nSPS) is 10.5. The molecule has 0 unspecified atom stereocenters. The van der Waals surface area contributed by atoms with Gasteiger partial charge in [0.1, 0.15) is 0 Å². The smallest absolute Gasteiger partial charge is 0.261 e. The van der Waals surface area contributed by atoms with E-state index in [-0.39, 0.29) is 18.4 Å². The molecule has 26 heavy (non-hydrogen) atoms. The van der Waals surface area contributed by atoms with Crippen LogP contribution in [0, 0.1) is 13.8 Å². The standard InChI is InChI=1S/C19H19N3O2S2/c1-12-8-9-15(25-12)18(24)20-11-17(23)22-19-21-13(2)16(26-19)10-14-6-4-3-5-7-14/h3-9H,10-11H2,1-2H3,(H,20,24)(H,21,22,23). The van der Waals surface area contributed by atoms with Crippen LogP contribution in [-0.4, -0.2) is 23.3 Å². The average Bonchev–Trinajstić information content (AvgIpc) is 3.20. The van der Waals surface area contributed by atoms with Gasteiger partial charge in [-0.25, -0.2) is 4.98 Å². The van der Waals surface area contributed by atoms with E-state index in [1.807, 2.05) is 38.1 Å². The number of anilines is 1. The van der Waals surface area contributed by atoms with E-state index in [0.717, 1.165) is 21.9 Å². The summed E-state index contributed by atoms with van der Waals surface area (Å²) in [6.45, 7) is 3.79. The van der Waals surface area contributed by atoms with Crippen LogP contribution < -0.4 is 10.6 Å². The topological polar surface area (TPSA) is 71.1 Å². The number of carbonyl (C=O) groups is 2. The molecule has 5 nitrogen and oxygen atoms in total. The quantitative estimate of drug-likeness (QED) is 0.678. The van der Waals surface area contributed by atoms with Crippen LogP contribution >= 0.6 is 22.7 Å². The zero-order chi connectivity index (χ0) is 18.5. The minimum Gasteiger partial charge on any atom is -0.342 e. The van der Waals surface area contributed by atoms with Crippen LogP contribution in [0.2, 0.25) is 0 Å². The highest BCUT2D eigenvalue weighted by Crippen LogP contribution is 2.25. The van der Waals surface area contributed by atoms with Gasteiger partial charge in [0.2, 0.25) is 5.91 Å².